The molecule has 0 spiro atoms. The van der Waals surface area contributed by atoms with E-state index in [0.717, 1.165) is 10.0 Å². The van der Waals surface area contributed by atoms with Gasteiger partial charge in [-0.05, 0) is 42.0 Å². The van der Waals surface area contributed by atoms with Crippen LogP contribution in [0.25, 0.3) is 6.08 Å². The van der Waals surface area contributed by atoms with Crippen LogP contribution in [0.15, 0.2) is 76.8 Å². The van der Waals surface area contributed by atoms with Gasteiger partial charge in [0, 0.05) is 10.0 Å². The lowest BCUT2D eigenvalue weighted by atomic mass is 10.1. The summed E-state index contributed by atoms with van der Waals surface area (Å²) in [5.74, 6) is -1.12. The van der Waals surface area contributed by atoms with Gasteiger partial charge in [-0.25, -0.2) is 4.79 Å². The molecule has 33 heavy (non-hydrogen) atoms. The summed E-state index contributed by atoms with van der Waals surface area (Å²) in [6.07, 6.45) is 1.37. The van der Waals surface area contributed by atoms with E-state index >= 15 is 0 Å². The molecule has 3 aromatic rings. The molecule has 0 aliphatic heterocycles. The zero-order chi connectivity index (χ0) is 23.8. The van der Waals surface area contributed by atoms with E-state index in [-0.39, 0.29) is 23.4 Å². The van der Waals surface area contributed by atoms with Gasteiger partial charge in [-0.1, -0.05) is 52.3 Å². The van der Waals surface area contributed by atoms with Gasteiger partial charge >= 0.3 is 5.97 Å². The van der Waals surface area contributed by atoms with Crippen molar-refractivity contribution < 1.29 is 24.2 Å². The Kier molecular flexibility index (Phi) is 7.84. The molecule has 166 valence electrons. The number of methoxy groups -OCH3 is 1. The summed E-state index contributed by atoms with van der Waals surface area (Å²) in [4.78, 5) is 24.1. The fraction of sp³-hybridized carbons (Fsp3) is 0.0800. The molecule has 2 N–H and O–H groups in total. The molecular formula is C25H19BrN2O5. The molecule has 0 heterocycles. The largest absolute Gasteiger partial charge is 0.493 e. The summed E-state index contributed by atoms with van der Waals surface area (Å²) in [6, 6.07) is 20.5. The number of carboxylic acid groups (broad SMARTS) is 1. The second-order valence-electron chi connectivity index (χ2n) is 6.77. The van der Waals surface area contributed by atoms with Gasteiger partial charge in [-0.2, -0.15) is 5.26 Å². The number of hydrogen-bond donors (Lipinski definition) is 2. The molecule has 0 unspecified atom stereocenters. The maximum absolute atomic E-state index is 12.7. The SMILES string of the molecule is COc1cccc(/C=C(\C#N)C(=O)Nc2ccccc2C(=O)O)c1OCc1ccc(Br)cc1. The summed E-state index contributed by atoms with van der Waals surface area (Å²) in [5.41, 5.74) is 1.17. The molecule has 0 aliphatic carbocycles. The van der Waals surface area contributed by atoms with E-state index in [1.54, 1.807) is 30.3 Å². The second kappa shape index (κ2) is 11.0. The Bertz CT molecular complexity index is 1250. The average Bonchev–Trinajstić information content (AvgIpc) is 2.82. The number of hydrogen-bond acceptors (Lipinski definition) is 5. The van der Waals surface area contributed by atoms with Crippen LogP contribution < -0.4 is 14.8 Å². The molecule has 0 aliphatic rings. The quantitative estimate of drug-likeness (QED) is 0.317. The van der Waals surface area contributed by atoms with Gasteiger partial charge in [0.25, 0.3) is 5.91 Å². The highest BCUT2D eigenvalue weighted by Gasteiger charge is 2.17. The van der Waals surface area contributed by atoms with Gasteiger partial charge in [-0.15, -0.1) is 0 Å². The van der Waals surface area contributed by atoms with Crippen molar-refractivity contribution in [2.45, 2.75) is 6.61 Å². The Morgan fingerprint density at radius 1 is 1.09 bits per heavy atom. The number of rotatable bonds is 8. The van der Waals surface area contributed by atoms with E-state index in [2.05, 4.69) is 21.2 Å². The number of carbonyl (C=O) groups excluding carboxylic acids is 1. The smallest absolute Gasteiger partial charge is 0.337 e. The number of carboxylic acids is 1. The van der Waals surface area contributed by atoms with Gasteiger partial charge in [0.2, 0.25) is 0 Å². The molecular weight excluding hydrogens is 488 g/mol. The maximum Gasteiger partial charge on any atom is 0.337 e. The van der Waals surface area contributed by atoms with Crippen molar-refractivity contribution >= 4 is 39.6 Å². The van der Waals surface area contributed by atoms with Crippen LogP contribution in [0.1, 0.15) is 21.5 Å². The Morgan fingerprint density at radius 3 is 2.48 bits per heavy atom. The molecule has 0 radical (unpaired) electrons. The summed E-state index contributed by atoms with van der Waals surface area (Å²) >= 11 is 3.39. The Labute approximate surface area is 199 Å². The predicted molar refractivity (Wildman–Crippen MR) is 127 cm³/mol. The lowest BCUT2D eigenvalue weighted by Crippen LogP contribution is -2.16. The van der Waals surface area contributed by atoms with E-state index in [0.29, 0.717) is 17.1 Å². The number of anilines is 1. The third kappa shape index (κ3) is 5.99. The molecule has 0 atom stereocenters. The highest BCUT2D eigenvalue weighted by molar-refractivity contribution is 9.10. The van der Waals surface area contributed by atoms with Crippen LogP contribution in [0.2, 0.25) is 0 Å². The normalized spacial score (nSPS) is 10.8. The second-order valence-corrected chi connectivity index (χ2v) is 7.68. The number of nitrogens with one attached hydrogen (secondary N) is 1. The zero-order valence-electron chi connectivity index (χ0n) is 17.5. The topological polar surface area (TPSA) is 109 Å². The Morgan fingerprint density at radius 2 is 1.82 bits per heavy atom. The molecule has 3 aromatic carbocycles. The fourth-order valence-electron chi connectivity index (χ4n) is 2.97. The van der Waals surface area contributed by atoms with Crippen LogP contribution in [-0.4, -0.2) is 24.1 Å². The van der Waals surface area contributed by atoms with Crippen molar-refractivity contribution in [3.8, 4) is 17.6 Å². The molecule has 0 saturated carbocycles. The van der Waals surface area contributed by atoms with Gasteiger partial charge in [0.15, 0.2) is 11.5 Å². The first-order valence-electron chi connectivity index (χ1n) is 9.72. The van der Waals surface area contributed by atoms with Gasteiger partial charge in [0.05, 0.1) is 18.4 Å². The van der Waals surface area contributed by atoms with E-state index in [9.17, 15) is 20.0 Å². The summed E-state index contributed by atoms with van der Waals surface area (Å²) in [6.45, 7) is 0.245. The minimum atomic E-state index is -1.19. The molecule has 3 rings (SSSR count). The number of benzene rings is 3. The lowest BCUT2D eigenvalue weighted by molar-refractivity contribution is -0.112. The van der Waals surface area contributed by atoms with Crippen molar-refractivity contribution in [1.82, 2.24) is 0 Å². The molecule has 0 aromatic heterocycles. The Hall–Kier alpha value is -4.09. The molecule has 0 saturated heterocycles. The summed E-state index contributed by atoms with van der Waals surface area (Å²) in [7, 11) is 1.50. The zero-order valence-corrected chi connectivity index (χ0v) is 19.1. The molecule has 0 fully saturated rings. The number of para-hydroxylation sites is 2. The summed E-state index contributed by atoms with van der Waals surface area (Å²) in [5, 5.41) is 21.4. The van der Waals surface area contributed by atoms with E-state index in [1.165, 1.54) is 25.3 Å². The standard InChI is InChI=1S/C25H19BrN2O5/c1-32-22-8-4-5-17(23(22)33-15-16-9-11-19(26)12-10-16)13-18(14-27)24(29)28-21-7-3-2-6-20(21)25(30)31/h2-13H,15H2,1H3,(H,28,29)(H,30,31)/b18-13+. The molecule has 0 bridgehead atoms. The highest BCUT2D eigenvalue weighted by Crippen LogP contribution is 2.33. The minimum absolute atomic E-state index is 0.0805. The van der Waals surface area contributed by atoms with Crippen LogP contribution in [0.5, 0.6) is 11.5 Å². The van der Waals surface area contributed by atoms with Crippen LogP contribution in [0, 0.1) is 11.3 Å². The average molecular weight is 507 g/mol. The highest BCUT2D eigenvalue weighted by atomic mass is 79.9. The number of nitriles is 1. The van der Waals surface area contributed by atoms with Crippen LogP contribution in [0.4, 0.5) is 5.69 Å². The van der Waals surface area contributed by atoms with Crippen molar-refractivity contribution in [3.63, 3.8) is 0 Å². The Balaban J connectivity index is 1.90. The number of aromatic carboxylic acids is 1. The monoisotopic (exact) mass is 506 g/mol. The minimum Gasteiger partial charge on any atom is -0.493 e. The maximum atomic E-state index is 12.7. The summed E-state index contributed by atoms with van der Waals surface area (Å²) < 4.78 is 12.3. The van der Waals surface area contributed by atoms with Gasteiger partial charge in [-0.3, -0.25) is 4.79 Å². The first kappa shape index (κ1) is 23.6. The first-order valence-corrected chi connectivity index (χ1v) is 10.5. The van der Waals surface area contributed by atoms with Gasteiger partial charge in [0.1, 0.15) is 18.2 Å². The van der Waals surface area contributed by atoms with E-state index in [4.69, 9.17) is 9.47 Å². The van der Waals surface area contributed by atoms with E-state index in [1.807, 2.05) is 30.3 Å². The molecule has 1 amide bonds. The van der Waals surface area contributed by atoms with Crippen molar-refractivity contribution in [2.75, 3.05) is 12.4 Å². The number of halogens is 1. The number of carbonyl (C=O) groups is 2. The predicted octanol–water partition coefficient (Wildman–Crippen LogP) is 5.28. The van der Waals surface area contributed by atoms with Gasteiger partial charge < -0.3 is 19.9 Å². The third-order valence-electron chi connectivity index (χ3n) is 4.60. The lowest BCUT2D eigenvalue weighted by Gasteiger charge is -2.14. The number of nitrogens with zero attached hydrogens (tertiary/aromatic N) is 1. The third-order valence-corrected chi connectivity index (χ3v) is 5.12. The number of ether oxygens (including phenoxy) is 2. The van der Waals surface area contributed by atoms with Crippen molar-refractivity contribution in [2.24, 2.45) is 0 Å². The molecule has 7 nitrogen and oxygen atoms in total. The van der Waals surface area contributed by atoms with Crippen LogP contribution >= 0.6 is 15.9 Å². The fourth-order valence-corrected chi connectivity index (χ4v) is 3.23. The van der Waals surface area contributed by atoms with Crippen molar-refractivity contribution in [1.29, 1.82) is 5.26 Å². The first-order chi connectivity index (χ1) is 15.9. The number of amides is 1. The van der Waals surface area contributed by atoms with E-state index < -0.39 is 11.9 Å². The van der Waals surface area contributed by atoms with Crippen LogP contribution in [0.3, 0.4) is 0 Å². The molecule has 8 heteroatoms. The van der Waals surface area contributed by atoms with Crippen LogP contribution in [-0.2, 0) is 11.4 Å². The van der Waals surface area contributed by atoms with Crippen molar-refractivity contribution in [3.05, 3.63) is 93.5 Å².